The molecule has 214 valence electrons. The summed E-state index contributed by atoms with van der Waals surface area (Å²) < 4.78 is 10.4. The van der Waals surface area contributed by atoms with Crippen molar-refractivity contribution in [2.75, 3.05) is 13.2 Å². The lowest BCUT2D eigenvalue weighted by atomic mass is 10.0. The average molecular weight is 509 g/mol. The quantitative estimate of drug-likeness (QED) is 0.0598. The molecule has 0 heterocycles. The second-order valence-corrected chi connectivity index (χ2v) is 11.2. The van der Waals surface area contributed by atoms with Gasteiger partial charge < -0.3 is 9.47 Å². The summed E-state index contributed by atoms with van der Waals surface area (Å²) in [5.74, 6) is 0.832. The SMILES string of the molecule is CCCCCCCCCCC=CCCCCCCCCOC(=O)OCCCCCCCCCC(C)C. The standard InChI is InChI=1S/C33H64O3/c1-4-5-6-7-8-9-10-11-12-13-14-15-16-17-18-21-24-27-30-35-33(34)36-31-28-25-22-19-20-23-26-29-32(2)3/h13-14,32H,4-12,15-31H2,1-3H3. The number of hydrogen-bond acceptors (Lipinski definition) is 3. The monoisotopic (exact) mass is 508 g/mol. The Hall–Kier alpha value is -0.990. The van der Waals surface area contributed by atoms with E-state index in [0.717, 1.165) is 31.6 Å². The van der Waals surface area contributed by atoms with Crippen LogP contribution in [0.25, 0.3) is 0 Å². The predicted octanol–water partition coefficient (Wildman–Crippen LogP) is 11.7. The lowest BCUT2D eigenvalue weighted by molar-refractivity contribution is 0.0529. The molecule has 0 aromatic rings. The van der Waals surface area contributed by atoms with Crippen molar-refractivity contribution < 1.29 is 14.3 Å². The zero-order valence-corrected chi connectivity index (χ0v) is 24.8. The fraction of sp³-hybridized carbons (Fsp3) is 0.909. The zero-order chi connectivity index (χ0) is 26.4. The molecule has 36 heavy (non-hydrogen) atoms. The first kappa shape index (κ1) is 35.0. The van der Waals surface area contributed by atoms with Crippen molar-refractivity contribution in [2.24, 2.45) is 5.92 Å². The third-order valence-corrected chi connectivity index (χ3v) is 7.02. The van der Waals surface area contributed by atoms with Crippen LogP contribution in [0.5, 0.6) is 0 Å². The maximum absolute atomic E-state index is 11.6. The summed E-state index contributed by atoms with van der Waals surface area (Å²) in [6, 6.07) is 0. The van der Waals surface area contributed by atoms with Crippen LogP contribution >= 0.6 is 0 Å². The van der Waals surface area contributed by atoms with Crippen LogP contribution in [-0.4, -0.2) is 19.4 Å². The molecule has 0 aromatic carbocycles. The van der Waals surface area contributed by atoms with Gasteiger partial charge in [0.15, 0.2) is 0 Å². The highest BCUT2D eigenvalue weighted by Gasteiger charge is 2.03. The van der Waals surface area contributed by atoms with Crippen LogP contribution in [0.15, 0.2) is 12.2 Å². The number of hydrogen-bond donors (Lipinski definition) is 0. The molecule has 0 aliphatic heterocycles. The van der Waals surface area contributed by atoms with Gasteiger partial charge in [0.25, 0.3) is 0 Å². The Morgan fingerprint density at radius 1 is 0.528 bits per heavy atom. The third-order valence-electron chi connectivity index (χ3n) is 7.02. The van der Waals surface area contributed by atoms with Crippen molar-refractivity contribution in [1.82, 2.24) is 0 Å². The first-order chi connectivity index (χ1) is 17.7. The van der Waals surface area contributed by atoms with E-state index in [4.69, 9.17) is 9.47 Å². The van der Waals surface area contributed by atoms with Crippen LogP contribution in [-0.2, 0) is 9.47 Å². The van der Waals surface area contributed by atoms with Gasteiger partial charge in [0.05, 0.1) is 13.2 Å². The maximum Gasteiger partial charge on any atom is 0.508 e. The number of carbonyl (C=O) groups excluding carboxylic acids is 1. The van der Waals surface area contributed by atoms with E-state index in [0.29, 0.717) is 13.2 Å². The van der Waals surface area contributed by atoms with E-state index in [9.17, 15) is 4.79 Å². The van der Waals surface area contributed by atoms with Crippen molar-refractivity contribution >= 4 is 6.16 Å². The Morgan fingerprint density at radius 3 is 1.31 bits per heavy atom. The smallest absolute Gasteiger partial charge is 0.434 e. The molecule has 0 spiro atoms. The molecule has 0 aliphatic rings. The molecule has 0 fully saturated rings. The van der Waals surface area contributed by atoms with Gasteiger partial charge in [0.2, 0.25) is 0 Å². The molecule has 0 saturated heterocycles. The molecule has 0 aromatic heterocycles. The molecule has 0 unspecified atom stereocenters. The van der Waals surface area contributed by atoms with Gasteiger partial charge in [-0.1, -0.05) is 148 Å². The highest BCUT2D eigenvalue weighted by Crippen LogP contribution is 2.13. The molecule has 0 N–H and O–H groups in total. The van der Waals surface area contributed by atoms with Gasteiger partial charge in [-0.15, -0.1) is 0 Å². The van der Waals surface area contributed by atoms with Crippen LogP contribution in [0.3, 0.4) is 0 Å². The topological polar surface area (TPSA) is 35.5 Å². The lowest BCUT2D eigenvalue weighted by Crippen LogP contribution is -2.09. The van der Waals surface area contributed by atoms with Crippen molar-refractivity contribution in [3.8, 4) is 0 Å². The Morgan fingerprint density at radius 2 is 0.889 bits per heavy atom. The van der Waals surface area contributed by atoms with Crippen molar-refractivity contribution in [3.05, 3.63) is 12.2 Å². The molecule has 0 radical (unpaired) electrons. The molecular weight excluding hydrogens is 444 g/mol. The van der Waals surface area contributed by atoms with E-state index in [1.54, 1.807) is 0 Å². The van der Waals surface area contributed by atoms with E-state index < -0.39 is 6.16 Å². The van der Waals surface area contributed by atoms with Crippen LogP contribution in [0, 0.1) is 5.92 Å². The van der Waals surface area contributed by atoms with Gasteiger partial charge in [0.1, 0.15) is 0 Å². The van der Waals surface area contributed by atoms with E-state index in [2.05, 4.69) is 32.9 Å². The lowest BCUT2D eigenvalue weighted by Gasteiger charge is -2.07. The van der Waals surface area contributed by atoms with Crippen LogP contribution < -0.4 is 0 Å². The minimum Gasteiger partial charge on any atom is -0.434 e. The number of ether oxygens (including phenoxy) is 2. The highest BCUT2D eigenvalue weighted by molar-refractivity contribution is 5.59. The van der Waals surface area contributed by atoms with E-state index in [-0.39, 0.29) is 0 Å². The summed E-state index contributed by atoms with van der Waals surface area (Å²) in [7, 11) is 0. The second kappa shape index (κ2) is 30.2. The van der Waals surface area contributed by atoms with E-state index >= 15 is 0 Å². The summed E-state index contributed by atoms with van der Waals surface area (Å²) in [5.41, 5.74) is 0. The summed E-state index contributed by atoms with van der Waals surface area (Å²) in [6.07, 6.45) is 35.3. The van der Waals surface area contributed by atoms with Gasteiger partial charge in [-0.2, -0.15) is 0 Å². The van der Waals surface area contributed by atoms with Crippen molar-refractivity contribution in [3.63, 3.8) is 0 Å². The van der Waals surface area contributed by atoms with E-state index in [1.165, 1.54) is 128 Å². The fourth-order valence-electron chi connectivity index (χ4n) is 4.59. The fourth-order valence-corrected chi connectivity index (χ4v) is 4.59. The van der Waals surface area contributed by atoms with Gasteiger partial charge in [-0.05, 0) is 44.4 Å². The molecule has 3 nitrogen and oxygen atoms in total. The molecule has 0 aliphatic carbocycles. The molecule has 0 atom stereocenters. The van der Waals surface area contributed by atoms with Crippen LogP contribution in [0.2, 0.25) is 0 Å². The number of rotatable bonds is 28. The van der Waals surface area contributed by atoms with Gasteiger partial charge in [0, 0.05) is 0 Å². The summed E-state index contributed by atoms with van der Waals surface area (Å²) in [5, 5.41) is 0. The molecular formula is C33H64O3. The second-order valence-electron chi connectivity index (χ2n) is 11.2. The Balaban J connectivity index is 3.20. The van der Waals surface area contributed by atoms with Crippen LogP contribution in [0.4, 0.5) is 4.79 Å². The Labute approximate surface area is 226 Å². The maximum atomic E-state index is 11.6. The average Bonchev–Trinajstić information content (AvgIpc) is 2.86. The number of unbranched alkanes of at least 4 members (excludes halogenated alkanes) is 20. The number of allylic oxidation sites excluding steroid dienone is 2. The molecule has 3 heteroatoms. The number of carbonyl (C=O) groups is 1. The summed E-state index contributed by atoms with van der Waals surface area (Å²) in [4.78, 5) is 11.6. The minimum absolute atomic E-state index is 0.484. The normalized spacial score (nSPS) is 11.6. The highest BCUT2D eigenvalue weighted by atomic mass is 16.7. The summed E-state index contributed by atoms with van der Waals surface area (Å²) in [6.45, 7) is 7.87. The largest absolute Gasteiger partial charge is 0.508 e. The Bertz CT molecular complexity index is 458. The predicted molar refractivity (Wildman–Crippen MR) is 158 cm³/mol. The van der Waals surface area contributed by atoms with E-state index in [1.807, 2.05) is 0 Å². The molecule has 0 bridgehead atoms. The third kappa shape index (κ3) is 31.0. The first-order valence-corrected chi connectivity index (χ1v) is 16.1. The van der Waals surface area contributed by atoms with Gasteiger partial charge in [-0.25, -0.2) is 4.79 Å². The van der Waals surface area contributed by atoms with Gasteiger partial charge >= 0.3 is 6.16 Å². The first-order valence-electron chi connectivity index (χ1n) is 16.1. The van der Waals surface area contributed by atoms with Crippen molar-refractivity contribution in [2.45, 2.75) is 175 Å². The zero-order valence-electron chi connectivity index (χ0n) is 24.8. The van der Waals surface area contributed by atoms with Gasteiger partial charge in [-0.3, -0.25) is 0 Å². The Kier molecular flexibility index (Phi) is 29.4. The molecule has 0 amide bonds. The van der Waals surface area contributed by atoms with Crippen molar-refractivity contribution in [1.29, 1.82) is 0 Å². The summed E-state index contributed by atoms with van der Waals surface area (Å²) >= 11 is 0. The van der Waals surface area contributed by atoms with Crippen LogP contribution in [0.1, 0.15) is 175 Å². The minimum atomic E-state index is -0.484. The molecule has 0 saturated carbocycles. The molecule has 0 rings (SSSR count).